The van der Waals surface area contributed by atoms with E-state index in [1.54, 1.807) is 0 Å². The molecule has 1 aliphatic rings. The zero-order valence-corrected chi connectivity index (χ0v) is 11.7. The minimum absolute atomic E-state index is 0.0775. The molecule has 0 bridgehead atoms. The number of nitrogens with one attached hydrogen (secondary N) is 2. The molecule has 0 heterocycles. The molecule has 104 valence electrons. The Hall–Kier alpha value is -1.35. The molecule has 1 amide bonds. The maximum atomic E-state index is 11.8. The van der Waals surface area contributed by atoms with Gasteiger partial charge in [0.05, 0.1) is 6.54 Å². The van der Waals surface area contributed by atoms with E-state index < -0.39 is 0 Å². The van der Waals surface area contributed by atoms with Crippen LogP contribution in [-0.4, -0.2) is 18.5 Å². The lowest BCUT2D eigenvalue weighted by Gasteiger charge is -2.20. The summed E-state index contributed by atoms with van der Waals surface area (Å²) in [6.07, 6.45) is 5.30. The number of hydrogen-bond acceptors (Lipinski definition) is 2. The van der Waals surface area contributed by atoms with Gasteiger partial charge in [-0.15, -0.1) is 0 Å². The lowest BCUT2D eigenvalue weighted by Crippen LogP contribution is -2.40. The number of hydrogen-bond donors (Lipinski definition) is 2. The van der Waals surface area contributed by atoms with Crippen molar-refractivity contribution in [2.24, 2.45) is 5.92 Å². The second-order valence-corrected chi connectivity index (χ2v) is 5.48. The monoisotopic (exact) mass is 260 g/mol. The van der Waals surface area contributed by atoms with E-state index in [1.165, 1.54) is 25.7 Å². The van der Waals surface area contributed by atoms with Crippen molar-refractivity contribution in [1.82, 2.24) is 10.6 Å². The first kappa shape index (κ1) is 14.1. The van der Waals surface area contributed by atoms with Crippen molar-refractivity contribution in [3.8, 4) is 0 Å². The zero-order chi connectivity index (χ0) is 13.5. The molecule has 1 aromatic rings. The Morgan fingerprint density at radius 1 is 1.26 bits per heavy atom. The topological polar surface area (TPSA) is 41.1 Å². The standard InChI is InChI=1S/C16H24N2O/c1-13(15-9-5-6-10-15)17-12-16(19)18-11-14-7-3-2-4-8-14/h2-4,7-8,13,15,17H,5-6,9-12H2,1H3,(H,18,19). The molecule has 0 aliphatic heterocycles. The Balaban J connectivity index is 1.64. The number of benzene rings is 1. The number of carbonyl (C=O) groups excluding carboxylic acids is 1. The molecule has 19 heavy (non-hydrogen) atoms. The van der Waals surface area contributed by atoms with Crippen LogP contribution in [0.4, 0.5) is 0 Å². The highest BCUT2D eigenvalue weighted by Gasteiger charge is 2.21. The second-order valence-electron chi connectivity index (χ2n) is 5.48. The van der Waals surface area contributed by atoms with Crippen LogP contribution in [-0.2, 0) is 11.3 Å². The Morgan fingerprint density at radius 3 is 2.63 bits per heavy atom. The summed E-state index contributed by atoms with van der Waals surface area (Å²) in [6, 6.07) is 10.5. The van der Waals surface area contributed by atoms with Crippen LogP contribution >= 0.6 is 0 Å². The average Bonchev–Trinajstić information content (AvgIpc) is 2.98. The van der Waals surface area contributed by atoms with E-state index in [-0.39, 0.29) is 5.91 Å². The van der Waals surface area contributed by atoms with Crippen LogP contribution in [0.5, 0.6) is 0 Å². The van der Waals surface area contributed by atoms with Crippen LogP contribution in [0, 0.1) is 5.92 Å². The van der Waals surface area contributed by atoms with Crippen LogP contribution in [0.3, 0.4) is 0 Å². The van der Waals surface area contributed by atoms with Gasteiger partial charge < -0.3 is 10.6 Å². The molecule has 3 nitrogen and oxygen atoms in total. The quantitative estimate of drug-likeness (QED) is 0.825. The predicted molar refractivity (Wildman–Crippen MR) is 77.7 cm³/mol. The summed E-state index contributed by atoms with van der Waals surface area (Å²) in [5.74, 6) is 0.829. The van der Waals surface area contributed by atoms with E-state index in [0.29, 0.717) is 19.1 Å². The van der Waals surface area contributed by atoms with Gasteiger partial charge in [0.2, 0.25) is 5.91 Å². The molecule has 1 atom stereocenters. The Kier molecular flexibility index (Phi) is 5.40. The van der Waals surface area contributed by atoms with Gasteiger partial charge in [0, 0.05) is 12.6 Å². The van der Waals surface area contributed by atoms with Gasteiger partial charge in [0.1, 0.15) is 0 Å². The molecule has 0 spiro atoms. The summed E-state index contributed by atoms with van der Waals surface area (Å²) >= 11 is 0. The lowest BCUT2D eigenvalue weighted by molar-refractivity contribution is -0.120. The molecule has 2 N–H and O–H groups in total. The molecule has 0 aromatic heterocycles. The van der Waals surface area contributed by atoms with Crippen LogP contribution in [0.1, 0.15) is 38.2 Å². The number of carbonyl (C=O) groups is 1. The Bertz CT molecular complexity index is 385. The summed E-state index contributed by atoms with van der Waals surface area (Å²) in [5.41, 5.74) is 1.14. The van der Waals surface area contributed by atoms with Crippen LogP contribution in [0.2, 0.25) is 0 Å². The summed E-state index contributed by atoms with van der Waals surface area (Å²) in [7, 11) is 0. The molecule has 1 fully saturated rings. The highest BCUT2D eigenvalue weighted by Crippen LogP contribution is 2.27. The first-order chi connectivity index (χ1) is 9.25. The third kappa shape index (κ3) is 4.67. The molecule has 0 radical (unpaired) electrons. The smallest absolute Gasteiger partial charge is 0.234 e. The lowest BCUT2D eigenvalue weighted by atomic mass is 10.00. The van der Waals surface area contributed by atoms with E-state index >= 15 is 0 Å². The normalized spacial score (nSPS) is 17.3. The molecular weight excluding hydrogens is 236 g/mol. The van der Waals surface area contributed by atoms with Gasteiger partial charge in [0.25, 0.3) is 0 Å². The molecule has 1 aromatic carbocycles. The molecule has 1 unspecified atom stereocenters. The maximum Gasteiger partial charge on any atom is 0.234 e. The minimum atomic E-state index is 0.0775. The predicted octanol–water partition coefficient (Wildman–Crippen LogP) is 2.47. The molecule has 1 saturated carbocycles. The Labute approximate surface area is 115 Å². The minimum Gasteiger partial charge on any atom is -0.351 e. The summed E-state index contributed by atoms with van der Waals surface area (Å²) in [5, 5.41) is 6.29. The largest absolute Gasteiger partial charge is 0.351 e. The maximum absolute atomic E-state index is 11.8. The molecule has 3 heteroatoms. The van der Waals surface area contributed by atoms with Gasteiger partial charge in [-0.05, 0) is 31.2 Å². The second kappa shape index (κ2) is 7.29. The fourth-order valence-corrected chi connectivity index (χ4v) is 2.74. The van der Waals surface area contributed by atoms with E-state index in [2.05, 4.69) is 17.6 Å². The van der Waals surface area contributed by atoms with Crippen molar-refractivity contribution in [3.05, 3.63) is 35.9 Å². The van der Waals surface area contributed by atoms with E-state index in [4.69, 9.17) is 0 Å². The van der Waals surface area contributed by atoms with Crippen LogP contribution < -0.4 is 10.6 Å². The van der Waals surface area contributed by atoms with Crippen LogP contribution in [0.25, 0.3) is 0 Å². The fraction of sp³-hybridized carbons (Fsp3) is 0.562. The van der Waals surface area contributed by atoms with Gasteiger partial charge in [-0.3, -0.25) is 4.79 Å². The van der Waals surface area contributed by atoms with Crippen molar-refractivity contribution in [2.75, 3.05) is 6.54 Å². The van der Waals surface area contributed by atoms with Gasteiger partial charge in [-0.1, -0.05) is 43.2 Å². The number of amides is 1. The summed E-state index contributed by atoms with van der Waals surface area (Å²) < 4.78 is 0. The number of rotatable bonds is 6. The highest BCUT2D eigenvalue weighted by atomic mass is 16.1. The van der Waals surface area contributed by atoms with Gasteiger partial charge in [0.15, 0.2) is 0 Å². The first-order valence-electron chi connectivity index (χ1n) is 7.29. The van der Waals surface area contributed by atoms with Crippen molar-refractivity contribution < 1.29 is 4.79 Å². The first-order valence-corrected chi connectivity index (χ1v) is 7.29. The van der Waals surface area contributed by atoms with Crippen molar-refractivity contribution in [2.45, 2.75) is 45.2 Å². The molecule has 1 aliphatic carbocycles. The van der Waals surface area contributed by atoms with E-state index in [1.807, 2.05) is 30.3 Å². The Morgan fingerprint density at radius 2 is 1.95 bits per heavy atom. The van der Waals surface area contributed by atoms with Gasteiger partial charge in [-0.2, -0.15) is 0 Å². The third-order valence-corrected chi connectivity index (χ3v) is 4.02. The summed E-state index contributed by atoms with van der Waals surface area (Å²) in [6.45, 7) is 3.23. The summed E-state index contributed by atoms with van der Waals surface area (Å²) in [4.78, 5) is 11.8. The molecular formula is C16H24N2O. The van der Waals surface area contributed by atoms with E-state index in [0.717, 1.165) is 11.5 Å². The van der Waals surface area contributed by atoms with Crippen molar-refractivity contribution in [1.29, 1.82) is 0 Å². The highest BCUT2D eigenvalue weighted by molar-refractivity contribution is 5.78. The third-order valence-electron chi connectivity index (χ3n) is 4.02. The van der Waals surface area contributed by atoms with Crippen molar-refractivity contribution in [3.63, 3.8) is 0 Å². The van der Waals surface area contributed by atoms with Crippen LogP contribution in [0.15, 0.2) is 30.3 Å². The zero-order valence-electron chi connectivity index (χ0n) is 11.7. The molecule has 2 rings (SSSR count). The SMILES string of the molecule is CC(NCC(=O)NCc1ccccc1)C1CCCC1. The van der Waals surface area contributed by atoms with Gasteiger partial charge in [-0.25, -0.2) is 0 Å². The van der Waals surface area contributed by atoms with E-state index in [9.17, 15) is 4.79 Å². The molecule has 0 saturated heterocycles. The van der Waals surface area contributed by atoms with Gasteiger partial charge >= 0.3 is 0 Å². The average molecular weight is 260 g/mol. The fourth-order valence-electron chi connectivity index (χ4n) is 2.74. The van der Waals surface area contributed by atoms with Crippen molar-refractivity contribution >= 4 is 5.91 Å².